The number of hydrogen-bond donors (Lipinski definition) is 2. The molecule has 284 valence electrons. The first-order valence-electron chi connectivity index (χ1n) is 17.8. The quantitative estimate of drug-likeness (QED) is 0.0918. The summed E-state index contributed by atoms with van der Waals surface area (Å²) in [5, 5.41) is 12.8. The van der Waals surface area contributed by atoms with E-state index in [-0.39, 0.29) is 36.7 Å². The molecule has 13 heteroatoms. The SMILES string of the molecule is COCCCc1cc(CN(C(=O)C(CNC(=O)O)Cc2ccc(OCCOc3c(Cl)cc(C)cc3Cl)cc2)C2CC2)cc(O[Si](C)(C)C(C)(C)C)n1. The van der Waals surface area contributed by atoms with Crippen molar-refractivity contribution in [2.75, 3.05) is 33.5 Å². The van der Waals surface area contributed by atoms with E-state index >= 15 is 0 Å². The van der Waals surface area contributed by atoms with E-state index in [1.165, 1.54) is 0 Å². The number of carbonyl (C=O) groups excluding carboxylic acids is 1. The number of nitrogens with zero attached hydrogens (tertiary/aromatic N) is 2. The molecule has 10 nitrogen and oxygen atoms in total. The maximum atomic E-state index is 14.3. The number of hydrogen-bond acceptors (Lipinski definition) is 7. The van der Waals surface area contributed by atoms with Crippen LogP contribution < -0.4 is 19.2 Å². The van der Waals surface area contributed by atoms with E-state index in [0.29, 0.717) is 47.0 Å². The maximum Gasteiger partial charge on any atom is 0.404 e. The van der Waals surface area contributed by atoms with Crippen LogP contribution in [0.5, 0.6) is 17.4 Å². The minimum absolute atomic E-state index is 0.00451. The van der Waals surface area contributed by atoms with Gasteiger partial charge in [0.2, 0.25) is 5.91 Å². The molecule has 3 aromatic rings. The molecule has 0 spiro atoms. The Kier molecular flexibility index (Phi) is 14.7. The van der Waals surface area contributed by atoms with Crippen molar-refractivity contribution in [3.05, 3.63) is 81.0 Å². The molecule has 2 N–H and O–H groups in total. The van der Waals surface area contributed by atoms with Crippen LogP contribution in [0.1, 0.15) is 62.4 Å². The Bertz CT molecular complexity index is 1640. The molecular formula is C39H53Cl2N3O7Si. The van der Waals surface area contributed by atoms with E-state index in [1.54, 1.807) is 19.2 Å². The van der Waals surface area contributed by atoms with Gasteiger partial charge in [-0.05, 0) is 104 Å². The molecule has 1 aromatic heterocycles. The van der Waals surface area contributed by atoms with Crippen molar-refractivity contribution < 1.29 is 33.3 Å². The Morgan fingerprint density at radius 1 is 1.00 bits per heavy atom. The molecule has 0 saturated heterocycles. The summed E-state index contributed by atoms with van der Waals surface area (Å²) in [7, 11) is -0.489. The van der Waals surface area contributed by atoms with Crippen LogP contribution >= 0.6 is 23.2 Å². The first-order valence-corrected chi connectivity index (χ1v) is 21.5. The lowest BCUT2D eigenvalue weighted by Gasteiger charge is -2.36. The molecule has 1 fully saturated rings. The van der Waals surface area contributed by atoms with Crippen LogP contribution in [-0.2, 0) is 28.9 Å². The molecule has 1 atom stereocenters. The second kappa shape index (κ2) is 18.5. The monoisotopic (exact) mass is 773 g/mol. The minimum Gasteiger partial charge on any atom is -0.531 e. The van der Waals surface area contributed by atoms with Gasteiger partial charge in [0.1, 0.15) is 19.0 Å². The zero-order chi connectivity index (χ0) is 38.1. The highest BCUT2D eigenvalue weighted by molar-refractivity contribution is 6.74. The Balaban J connectivity index is 1.46. The lowest BCUT2D eigenvalue weighted by Crippen LogP contribution is -2.44. The van der Waals surface area contributed by atoms with Crippen LogP contribution in [-0.4, -0.2) is 74.8 Å². The van der Waals surface area contributed by atoms with Crippen molar-refractivity contribution in [1.82, 2.24) is 15.2 Å². The summed E-state index contributed by atoms with van der Waals surface area (Å²) in [6.07, 6.45) is 2.53. The third-order valence-electron chi connectivity index (χ3n) is 9.48. The van der Waals surface area contributed by atoms with Gasteiger partial charge in [0.05, 0.1) is 16.0 Å². The lowest BCUT2D eigenvalue weighted by molar-refractivity contribution is -0.136. The third kappa shape index (κ3) is 12.3. The van der Waals surface area contributed by atoms with Crippen molar-refractivity contribution in [1.29, 1.82) is 0 Å². The summed E-state index contributed by atoms with van der Waals surface area (Å²) in [5.74, 6) is 0.943. The summed E-state index contributed by atoms with van der Waals surface area (Å²) in [6, 6.07) is 15.1. The normalized spacial score (nSPS) is 13.7. The average molecular weight is 775 g/mol. The Labute approximate surface area is 319 Å². The molecule has 4 rings (SSSR count). The van der Waals surface area contributed by atoms with E-state index in [9.17, 15) is 14.7 Å². The molecule has 1 heterocycles. The maximum absolute atomic E-state index is 14.3. The van der Waals surface area contributed by atoms with Gasteiger partial charge in [-0.25, -0.2) is 9.78 Å². The average Bonchev–Trinajstić information content (AvgIpc) is 3.90. The Morgan fingerprint density at radius 3 is 2.25 bits per heavy atom. The van der Waals surface area contributed by atoms with E-state index < -0.39 is 20.3 Å². The molecule has 0 radical (unpaired) electrons. The molecule has 1 aliphatic carbocycles. The molecule has 52 heavy (non-hydrogen) atoms. The van der Waals surface area contributed by atoms with Gasteiger partial charge in [-0.1, -0.05) is 56.1 Å². The molecule has 2 aromatic carbocycles. The highest BCUT2D eigenvalue weighted by Crippen LogP contribution is 2.38. The topological polar surface area (TPSA) is 119 Å². The number of halogens is 2. The van der Waals surface area contributed by atoms with Crippen molar-refractivity contribution in [2.24, 2.45) is 5.92 Å². The number of amides is 2. The number of pyridine rings is 1. The van der Waals surface area contributed by atoms with Gasteiger partial charge in [0, 0.05) is 44.6 Å². The minimum atomic E-state index is -2.17. The van der Waals surface area contributed by atoms with Crippen molar-refractivity contribution in [3.63, 3.8) is 0 Å². The largest absolute Gasteiger partial charge is 0.531 e. The van der Waals surface area contributed by atoms with Crippen LogP contribution in [0.3, 0.4) is 0 Å². The summed E-state index contributed by atoms with van der Waals surface area (Å²) in [5.41, 5.74) is 3.67. The van der Waals surface area contributed by atoms with Crippen LogP contribution in [0.25, 0.3) is 0 Å². The summed E-state index contributed by atoms with van der Waals surface area (Å²) in [6.45, 7) is 14.4. The van der Waals surface area contributed by atoms with Gasteiger partial charge >= 0.3 is 6.09 Å². The number of aromatic nitrogens is 1. The summed E-state index contributed by atoms with van der Waals surface area (Å²) >= 11 is 12.6. The van der Waals surface area contributed by atoms with Gasteiger partial charge in [0.25, 0.3) is 8.32 Å². The predicted octanol–water partition coefficient (Wildman–Crippen LogP) is 8.74. The van der Waals surface area contributed by atoms with Crippen molar-refractivity contribution in [3.8, 4) is 17.4 Å². The molecule has 0 aliphatic heterocycles. The molecule has 2 amide bonds. The van der Waals surface area contributed by atoms with Gasteiger partial charge in [-0.15, -0.1) is 0 Å². The van der Waals surface area contributed by atoms with E-state index in [4.69, 9.17) is 46.8 Å². The fraction of sp³-hybridized carbons (Fsp3) is 0.513. The smallest absolute Gasteiger partial charge is 0.404 e. The third-order valence-corrected chi connectivity index (χ3v) is 14.4. The molecular weight excluding hydrogens is 721 g/mol. The van der Waals surface area contributed by atoms with Crippen LogP contribution in [0, 0.1) is 12.8 Å². The molecule has 0 bridgehead atoms. The lowest BCUT2D eigenvalue weighted by atomic mass is 9.97. The fourth-order valence-corrected chi connectivity index (χ4v) is 7.14. The number of benzene rings is 2. The Hall–Kier alpha value is -3.51. The van der Waals surface area contributed by atoms with E-state index in [2.05, 4.69) is 45.2 Å². The number of methoxy groups -OCH3 is 1. The predicted molar refractivity (Wildman–Crippen MR) is 208 cm³/mol. The number of ether oxygens (including phenoxy) is 3. The number of carboxylic acid groups (broad SMARTS) is 1. The van der Waals surface area contributed by atoms with Crippen LogP contribution in [0.4, 0.5) is 4.79 Å². The first kappa shape index (κ1) is 41.2. The van der Waals surface area contributed by atoms with Gasteiger partial charge in [0.15, 0.2) is 11.6 Å². The van der Waals surface area contributed by atoms with Crippen LogP contribution in [0.15, 0.2) is 48.5 Å². The molecule has 1 unspecified atom stereocenters. The summed E-state index contributed by atoms with van der Waals surface area (Å²) < 4.78 is 23.5. The number of nitrogens with one attached hydrogen (secondary N) is 1. The second-order valence-electron chi connectivity index (χ2n) is 14.9. The number of rotatable bonds is 19. The van der Waals surface area contributed by atoms with Gasteiger partial charge < -0.3 is 34.0 Å². The van der Waals surface area contributed by atoms with Gasteiger partial charge in [-0.2, -0.15) is 0 Å². The number of aryl methyl sites for hydroxylation is 2. The summed E-state index contributed by atoms with van der Waals surface area (Å²) in [4.78, 5) is 32.6. The highest BCUT2D eigenvalue weighted by atomic mass is 35.5. The van der Waals surface area contributed by atoms with Crippen molar-refractivity contribution >= 4 is 43.5 Å². The second-order valence-corrected chi connectivity index (χ2v) is 20.5. The zero-order valence-corrected chi connectivity index (χ0v) is 33.9. The highest BCUT2D eigenvalue weighted by Gasteiger charge is 2.40. The van der Waals surface area contributed by atoms with Crippen molar-refractivity contribution in [2.45, 2.75) is 90.5 Å². The molecule has 1 saturated carbocycles. The molecule has 1 aliphatic rings. The van der Waals surface area contributed by atoms with Crippen LogP contribution in [0.2, 0.25) is 28.2 Å². The van der Waals surface area contributed by atoms with Gasteiger partial charge in [-0.3, -0.25) is 4.79 Å². The first-order chi connectivity index (χ1) is 24.6. The fourth-order valence-electron chi connectivity index (χ4n) is 5.50. The zero-order valence-electron chi connectivity index (χ0n) is 31.4. The Morgan fingerprint density at radius 2 is 1.65 bits per heavy atom. The van der Waals surface area contributed by atoms with E-state index in [0.717, 1.165) is 48.1 Å². The van der Waals surface area contributed by atoms with E-state index in [1.807, 2.05) is 42.2 Å². The standard InChI is InChI=1S/C39H53Cl2N3O7Si/c1-26-19-33(40)36(34(41)20-26)50-18-17-49-32-14-10-27(11-15-32)21-29(24-42-38(46)47)37(45)44(31-12-13-31)25-28-22-30(9-8-16-48-5)43-35(23-28)51-52(6,7)39(2,3)4/h10-11,14-15,19-20,22-23,29,31,42H,8-9,12-13,16-18,21,24-25H2,1-7H3,(H,46,47). The number of carbonyl (C=O) groups is 2.